The number of aryl methyl sites for hydroxylation is 1. The van der Waals surface area contributed by atoms with Crippen molar-refractivity contribution in [2.75, 3.05) is 5.48 Å². The zero-order valence-corrected chi connectivity index (χ0v) is 17.0. The van der Waals surface area contributed by atoms with E-state index >= 15 is 0 Å². The van der Waals surface area contributed by atoms with Crippen molar-refractivity contribution in [1.82, 2.24) is 4.98 Å². The third kappa shape index (κ3) is 5.94. The van der Waals surface area contributed by atoms with E-state index in [0.717, 1.165) is 11.1 Å². The molecule has 1 N–H and O–H groups in total. The first-order valence-electron chi connectivity index (χ1n) is 9.05. The smallest absolute Gasteiger partial charge is 0.408 e. The number of aromatic nitrogens is 1. The molecule has 0 fully saturated rings. The Morgan fingerprint density at radius 3 is 2.72 bits per heavy atom. The molecule has 0 saturated heterocycles. The fourth-order valence-electron chi connectivity index (χ4n) is 2.51. The summed E-state index contributed by atoms with van der Waals surface area (Å²) in [5, 5.41) is 0. The molecule has 8 heteroatoms. The number of alkyl halides is 2. The molecule has 0 spiro atoms. The van der Waals surface area contributed by atoms with Crippen LogP contribution >= 0.6 is 0 Å². The summed E-state index contributed by atoms with van der Waals surface area (Å²) < 4.78 is 32.7. The van der Waals surface area contributed by atoms with Crippen LogP contribution in [0.25, 0.3) is 5.57 Å². The molecule has 6 nitrogen and oxygen atoms in total. The summed E-state index contributed by atoms with van der Waals surface area (Å²) in [7, 11) is 0. The Balaban J connectivity index is 2.24. The number of amides is 1. The lowest BCUT2D eigenvalue weighted by molar-refractivity contribution is -0.366. The van der Waals surface area contributed by atoms with Gasteiger partial charge in [-0.15, -0.1) is 8.78 Å². The number of rotatable bonds is 8. The number of nitrogens with one attached hydrogen (secondary N) is 1. The van der Waals surface area contributed by atoms with Gasteiger partial charge in [-0.25, -0.2) is 10.5 Å². The Hall–Kier alpha value is -3.09. The van der Waals surface area contributed by atoms with Crippen LogP contribution in [-0.2, 0) is 14.4 Å². The minimum Gasteiger partial charge on any atom is -0.408 e. The van der Waals surface area contributed by atoms with Crippen LogP contribution in [-0.4, -0.2) is 23.1 Å². The molecule has 1 amide bonds. The predicted molar refractivity (Wildman–Crippen MR) is 107 cm³/mol. The molecular weight excluding hydrogens is 380 g/mol. The van der Waals surface area contributed by atoms with Gasteiger partial charge >= 0.3 is 6.29 Å². The molecule has 2 heterocycles. The van der Waals surface area contributed by atoms with Gasteiger partial charge in [0.15, 0.2) is 5.82 Å². The number of aliphatic imine (C=N–C) groups is 1. The molecule has 0 radical (unpaired) electrons. The van der Waals surface area contributed by atoms with Crippen LogP contribution in [0.3, 0.4) is 0 Å². The van der Waals surface area contributed by atoms with E-state index in [4.69, 9.17) is 0 Å². The zero-order chi connectivity index (χ0) is 21.6. The van der Waals surface area contributed by atoms with Crippen LogP contribution in [0.5, 0.6) is 0 Å². The first-order valence-corrected chi connectivity index (χ1v) is 9.05. The molecule has 0 unspecified atom stereocenters. The summed E-state index contributed by atoms with van der Waals surface area (Å²) >= 11 is 0. The third-order valence-corrected chi connectivity index (χ3v) is 3.96. The summed E-state index contributed by atoms with van der Waals surface area (Å²) in [5.41, 5.74) is 4.83. The highest BCUT2D eigenvalue weighted by Gasteiger charge is 2.35. The van der Waals surface area contributed by atoms with Crippen molar-refractivity contribution in [1.29, 1.82) is 0 Å². The van der Waals surface area contributed by atoms with Crippen molar-refractivity contribution in [3.05, 3.63) is 58.5 Å². The molecule has 2 rings (SSSR count). The molecule has 1 aliphatic heterocycles. The van der Waals surface area contributed by atoms with E-state index in [1.54, 1.807) is 46.8 Å². The van der Waals surface area contributed by atoms with Gasteiger partial charge in [0, 0.05) is 5.57 Å². The Labute approximate surface area is 168 Å². The number of hydrogen-bond donors (Lipinski definition) is 1. The number of carbonyl (C=O) groups excluding carboxylic acids is 1. The second-order valence-electron chi connectivity index (χ2n) is 6.35. The number of pyridine rings is 1. The van der Waals surface area contributed by atoms with Gasteiger partial charge in [0.25, 0.3) is 5.91 Å². The third-order valence-electron chi connectivity index (χ3n) is 3.96. The molecule has 154 valence electrons. The van der Waals surface area contributed by atoms with Crippen LogP contribution in [0.4, 0.5) is 14.6 Å². The second-order valence-corrected chi connectivity index (χ2v) is 6.35. The molecular formula is C21H23F2N3O3. The quantitative estimate of drug-likeness (QED) is 0.286. The van der Waals surface area contributed by atoms with E-state index in [-0.39, 0.29) is 17.2 Å². The lowest BCUT2D eigenvalue weighted by Gasteiger charge is -2.19. The number of hydrogen-bond acceptors (Lipinski definition) is 5. The Bertz CT molecular complexity index is 956. The number of anilines is 1. The van der Waals surface area contributed by atoms with E-state index in [0.29, 0.717) is 17.7 Å². The van der Waals surface area contributed by atoms with Crippen LogP contribution in [0.1, 0.15) is 44.0 Å². The van der Waals surface area contributed by atoms with Gasteiger partial charge in [0.05, 0.1) is 11.3 Å². The zero-order valence-electron chi connectivity index (χ0n) is 17.0. The van der Waals surface area contributed by atoms with Crippen molar-refractivity contribution in [3.63, 3.8) is 0 Å². The highest BCUT2D eigenvalue weighted by molar-refractivity contribution is 6.23. The number of ether oxygens (including phenoxy) is 1. The monoisotopic (exact) mass is 403 g/mol. The van der Waals surface area contributed by atoms with Gasteiger partial charge in [-0.1, -0.05) is 13.0 Å². The van der Waals surface area contributed by atoms with Crippen LogP contribution in [0.2, 0.25) is 0 Å². The van der Waals surface area contributed by atoms with Crippen molar-refractivity contribution in [2.24, 2.45) is 4.99 Å². The maximum Gasteiger partial charge on any atom is 0.556 e. The van der Waals surface area contributed by atoms with Gasteiger partial charge < -0.3 is 4.74 Å². The topological polar surface area (TPSA) is 72.8 Å². The van der Waals surface area contributed by atoms with E-state index in [9.17, 15) is 13.6 Å². The van der Waals surface area contributed by atoms with Crippen LogP contribution in [0.15, 0.2) is 46.7 Å². The fourth-order valence-corrected chi connectivity index (χ4v) is 2.51. The average Bonchev–Trinajstić information content (AvgIpc) is 2.65. The summed E-state index contributed by atoms with van der Waals surface area (Å²) in [4.78, 5) is 24.5. The molecule has 0 aromatic carbocycles. The van der Waals surface area contributed by atoms with E-state index < -0.39 is 12.2 Å². The number of nitrogens with zero attached hydrogens (tertiary/aromatic N) is 2. The maximum absolute atomic E-state index is 14.1. The van der Waals surface area contributed by atoms with Gasteiger partial charge in [0.1, 0.15) is 5.76 Å². The van der Waals surface area contributed by atoms with Crippen molar-refractivity contribution in [2.45, 2.75) is 47.3 Å². The van der Waals surface area contributed by atoms with Crippen molar-refractivity contribution >= 4 is 23.2 Å². The summed E-state index contributed by atoms with van der Waals surface area (Å²) in [6.45, 7) is 8.78. The van der Waals surface area contributed by atoms with Crippen LogP contribution < -0.4 is 5.48 Å². The van der Waals surface area contributed by atoms with Gasteiger partial charge in [0.2, 0.25) is 0 Å². The highest BCUT2D eigenvalue weighted by atomic mass is 19.3. The molecule has 0 aliphatic carbocycles. The minimum atomic E-state index is -3.94. The maximum atomic E-state index is 14.1. The summed E-state index contributed by atoms with van der Waals surface area (Å²) in [6, 6.07) is 1.53. The Morgan fingerprint density at radius 2 is 2.07 bits per heavy atom. The largest absolute Gasteiger partial charge is 0.556 e. The SMILES string of the molecule is C/C=C\C(=C/CC)OC(F)(F)ONc1cc(C)c(C)c(C2=CC(C)=C=NC2=O)n1. The molecule has 29 heavy (non-hydrogen) atoms. The lowest BCUT2D eigenvalue weighted by atomic mass is 10.00. The molecule has 0 bridgehead atoms. The van der Waals surface area contributed by atoms with Gasteiger partial charge in [-0.05, 0) is 75.4 Å². The molecule has 0 saturated carbocycles. The van der Waals surface area contributed by atoms with Crippen LogP contribution in [0, 0.1) is 13.8 Å². The molecule has 0 atom stereocenters. The van der Waals surface area contributed by atoms with E-state index in [2.05, 4.69) is 30.9 Å². The van der Waals surface area contributed by atoms with Crippen molar-refractivity contribution in [3.8, 4) is 0 Å². The number of carbonyl (C=O) groups is 1. The highest BCUT2D eigenvalue weighted by Crippen LogP contribution is 2.27. The molecule has 1 aliphatic rings. The van der Waals surface area contributed by atoms with Crippen molar-refractivity contribution < 1.29 is 23.1 Å². The average molecular weight is 403 g/mol. The first kappa shape index (κ1) is 22.2. The fraction of sp³-hybridized carbons (Fsp3) is 0.333. The van der Waals surface area contributed by atoms with E-state index in [1.165, 1.54) is 18.2 Å². The Kier molecular flexibility index (Phi) is 7.20. The molecule has 1 aromatic rings. The Morgan fingerprint density at radius 1 is 1.34 bits per heavy atom. The van der Waals surface area contributed by atoms with Gasteiger partial charge in [-0.2, -0.15) is 9.83 Å². The normalized spacial score (nSPS) is 14.9. The number of halogens is 2. The minimum absolute atomic E-state index is 0.00307. The summed E-state index contributed by atoms with van der Waals surface area (Å²) in [5.74, 6) is 2.07. The lowest BCUT2D eigenvalue weighted by Crippen LogP contribution is -2.28. The summed E-state index contributed by atoms with van der Waals surface area (Å²) in [6.07, 6.45) is 2.67. The van der Waals surface area contributed by atoms with Gasteiger partial charge in [-0.3, -0.25) is 4.79 Å². The predicted octanol–water partition coefficient (Wildman–Crippen LogP) is 5.02. The van der Waals surface area contributed by atoms with E-state index in [1.807, 2.05) is 0 Å². The second kappa shape index (κ2) is 9.41. The molecule has 1 aromatic heterocycles. The standard InChI is InChI=1S/C21H23F2N3O3/c1-6-8-16(9-7-2)28-21(22,23)29-26-18-11-14(4)15(5)19(25-18)17-10-13(3)12-24-20(17)27/h6,8-11H,7H2,1-5H3,(H,25,26)/b8-6-,16-9+. The number of allylic oxidation sites excluding steroid dienone is 5. The first-order chi connectivity index (χ1) is 13.7.